The lowest BCUT2D eigenvalue weighted by Crippen LogP contribution is -2.34. The standard InChI is InChI=1S/C15H18ClN7O4S/c1-4-21(5-2)15(24)22-9-17-14(20-22)28(25,26)13-12(16)18-10-7-8-11(27-6-3)19-23(10)13/h7-9H,4-6H2,1-3H3. The number of halogens is 1. The normalized spacial score (nSPS) is 11.7. The van der Waals surface area contributed by atoms with E-state index in [-0.39, 0.29) is 16.7 Å². The Morgan fingerprint density at radius 3 is 2.57 bits per heavy atom. The summed E-state index contributed by atoms with van der Waals surface area (Å²) in [4.78, 5) is 21.6. The molecule has 0 aliphatic heterocycles. The molecule has 1 amide bonds. The van der Waals surface area contributed by atoms with Gasteiger partial charge in [0.15, 0.2) is 10.8 Å². The fourth-order valence-corrected chi connectivity index (χ4v) is 4.16. The van der Waals surface area contributed by atoms with Gasteiger partial charge in [-0.15, -0.1) is 10.2 Å². The van der Waals surface area contributed by atoms with Crippen molar-refractivity contribution in [1.82, 2.24) is 34.3 Å². The van der Waals surface area contributed by atoms with E-state index in [4.69, 9.17) is 16.3 Å². The highest BCUT2D eigenvalue weighted by molar-refractivity contribution is 7.91. The largest absolute Gasteiger partial charge is 0.477 e. The molecule has 0 radical (unpaired) electrons. The highest BCUT2D eigenvalue weighted by Gasteiger charge is 2.32. The summed E-state index contributed by atoms with van der Waals surface area (Å²) < 4.78 is 33.3. The van der Waals surface area contributed by atoms with Crippen LogP contribution >= 0.6 is 11.6 Å². The average molecular weight is 428 g/mol. The van der Waals surface area contributed by atoms with Gasteiger partial charge in [0.2, 0.25) is 10.9 Å². The lowest BCUT2D eigenvalue weighted by atomic mass is 10.5. The Bertz CT molecular complexity index is 1120. The van der Waals surface area contributed by atoms with Gasteiger partial charge in [-0.25, -0.2) is 23.2 Å². The van der Waals surface area contributed by atoms with Crippen LogP contribution in [0.25, 0.3) is 5.65 Å². The third kappa shape index (κ3) is 3.40. The molecule has 0 aromatic carbocycles. The summed E-state index contributed by atoms with van der Waals surface area (Å²) >= 11 is 6.07. The smallest absolute Gasteiger partial charge is 0.346 e. The second-order valence-electron chi connectivity index (χ2n) is 5.51. The molecule has 0 saturated heterocycles. The van der Waals surface area contributed by atoms with Gasteiger partial charge in [-0.3, -0.25) is 0 Å². The van der Waals surface area contributed by atoms with Crippen LogP contribution in [0.5, 0.6) is 5.88 Å². The Labute approximate surface area is 165 Å². The van der Waals surface area contributed by atoms with Crippen molar-refractivity contribution in [1.29, 1.82) is 0 Å². The average Bonchev–Trinajstić information content (AvgIpc) is 3.27. The van der Waals surface area contributed by atoms with Gasteiger partial charge in [0.25, 0.3) is 15.0 Å². The number of fused-ring (bicyclic) bond motifs is 1. The number of ether oxygens (including phenoxy) is 1. The number of rotatable bonds is 6. The topological polar surface area (TPSA) is 125 Å². The molecule has 0 spiro atoms. The number of nitrogens with zero attached hydrogens (tertiary/aromatic N) is 7. The molecule has 0 aliphatic carbocycles. The van der Waals surface area contributed by atoms with Gasteiger partial charge >= 0.3 is 6.03 Å². The Hall–Kier alpha value is -2.73. The van der Waals surface area contributed by atoms with Gasteiger partial charge < -0.3 is 9.64 Å². The molecule has 0 fully saturated rings. The minimum Gasteiger partial charge on any atom is -0.477 e. The molecule has 0 aliphatic rings. The van der Waals surface area contributed by atoms with Crippen LogP contribution in [0.15, 0.2) is 28.6 Å². The second kappa shape index (κ2) is 7.72. The quantitative estimate of drug-likeness (QED) is 0.579. The molecule has 28 heavy (non-hydrogen) atoms. The number of sulfone groups is 1. The van der Waals surface area contributed by atoms with E-state index < -0.39 is 26.1 Å². The predicted molar refractivity (Wildman–Crippen MR) is 98.4 cm³/mol. The Morgan fingerprint density at radius 2 is 1.93 bits per heavy atom. The van der Waals surface area contributed by atoms with Gasteiger partial charge in [-0.05, 0) is 26.8 Å². The number of amides is 1. The molecule has 150 valence electrons. The van der Waals surface area contributed by atoms with Crippen LogP contribution in [-0.2, 0) is 9.84 Å². The first-order valence-electron chi connectivity index (χ1n) is 8.47. The molecule has 13 heteroatoms. The van der Waals surface area contributed by atoms with E-state index in [1.807, 2.05) is 0 Å². The zero-order valence-electron chi connectivity index (χ0n) is 15.4. The number of carbonyl (C=O) groups is 1. The van der Waals surface area contributed by atoms with Crippen molar-refractivity contribution in [2.75, 3.05) is 19.7 Å². The minimum absolute atomic E-state index is 0.204. The van der Waals surface area contributed by atoms with Gasteiger partial charge in [0.05, 0.1) is 6.61 Å². The summed E-state index contributed by atoms with van der Waals surface area (Å²) in [6.07, 6.45) is 1.05. The van der Waals surface area contributed by atoms with Crippen molar-refractivity contribution in [3.8, 4) is 5.88 Å². The van der Waals surface area contributed by atoms with Crippen molar-refractivity contribution >= 4 is 33.1 Å². The summed E-state index contributed by atoms with van der Waals surface area (Å²) in [5.74, 6) is 0.204. The van der Waals surface area contributed by atoms with Gasteiger partial charge in [-0.1, -0.05) is 11.6 Å². The molecule has 3 aromatic heterocycles. The number of carbonyl (C=O) groups excluding carboxylic acids is 1. The highest BCUT2D eigenvalue weighted by atomic mass is 35.5. The van der Waals surface area contributed by atoms with E-state index in [9.17, 15) is 13.2 Å². The van der Waals surface area contributed by atoms with E-state index in [1.54, 1.807) is 26.8 Å². The maximum absolute atomic E-state index is 13.1. The van der Waals surface area contributed by atoms with Crippen LogP contribution in [0, 0.1) is 0 Å². The Balaban J connectivity index is 2.08. The molecule has 3 rings (SSSR count). The van der Waals surface area contributed by atoms with Gasteiger partial charge in [-0.2, -0.15) is 9.20 Å². The molecule has 0 unspecified atom stereocenters. The third-order valence-electron chi connectivity index (χ3n) is 3.86. The van der Waals surface area contributed by atoms with Crippen molar-refractivity contribution in [3.05, 3.63) is 23.6 Å². The van der Waals surface area contributed by atoms with Gasteiger partial charge in [0, 0.05) is 19.2 Å². The van der Waals surface area contributed by atoms with Crippen molar-refractivity contribution < 1.29 is 17.9 Å². The summed E-state index contributed by atoms with van der Waals surface area (Å²) in [6.45, 7) is 6.61. The van der Waals surface area contributed by atoms with E-state index in [2.05, 4.69) is 20.2 Å². The maximum atomic E-state index is 13.1. The Kier molecular flexibility index (Phi) is 5.52. The molecule has 0 atom stereocenters. The lowest BCUT2D eigenvalue weighted by Gasteiger charge is -2.17. The second-order valence-corrected chi connectivity index (χ2v) is 7.63. The first-order chi connectivity index (χ1) is 13.3. The van der Waals surface area contributed by atoms with Crippen LogP contribution in [0.3, 0.4) is 0 Å². The van der Waals surface area contributed by atoms with Crippen LogP contribution in [0.4, 0.5) is 4.79 Å². The van der Waals surface area contributed by atoms with E-state index >= 15 is 0 Å². The van der Waals surface area contributed by atoms with Gasteiger partial charge in [0.1, 0.15) is 6.33 Å². The Morgan fingerprint density at radius 1 is 1.21 bits per heavy atom. The van der Waals surface area contributed by atoms with E-state index in [1.165, 1.54) is 11.0 Å². The van der Waals surface area contributed by atoms with Crippen LogP contribution < -0.4 is 4.74 Å². The highest BCUT2D eigenvalue weighted by Crippen LogP contribution is 2.27. The number of aromatic nitrogens is 6. The zero-order chi connectivity index (χ0) is 20.5. The molecule has 0 bridgehead atoms. The van der Waals surface area contributed by atoms with Crippen LogP contribution in [0.1, 0.15) is 20.8 Å². The van der Waals surface area contributed by atoms with Crippen molar-refractivity contribution in [3.63, 3.8) is 0 Å². The first kappa shape index (κ1) is 20.0. The molecule has 0 N–H and O–H groups in total. The van der Waals surface area contributed by atoms with E-state index in [0.717, 1.165) is 15.5 Å². The molecule has 0 saturated carbocycles. The summed E-state index contributed by atoms with van der Waals surface area (Å²) in [5, 5.41) is 6.66. The van der Waals surface area contributed by atoms with Crippen molar-refractivity contribution in [2.24, 2.45) is 0 Å². The van der Waals surface area contributed by atoms with Crippen LogP contribution in [0.2, 0.25) is 5.15 Å². The number of imidazole rings is 1. The van der Waals surface area contributed by atoms with Crippen LogP contribution in [-0.4, -0.2) is 68.4 Å². The van der Waals surface area contributed by atoms with Crippen molar-refractivity contribution in [2.45, 2.75) is 31.0 Å². The first-order valence-corrected chi connectivity index (χ1v) is 10.3. The fraction of sp³-hybridized carbons (Fsp3) is 0.400. The maximum Gasteiger partial charge on any atom is 0.346 e. The molecular formula is C15H18ClN7O4S. The predicted octanol–water partition coefficient (Wildman–Crippen LogP) is 1.52. The monoisotopic (exact) mass is 427 g/mol. The molecule has 11 nitrogen and oxygen atoms in total. The molecular weight excluding hydrogens is 410 g/mol. The number of hydrogen-bond acceptors (Lipinski definition) is 8. The zero-order valence-corrected chi connectivity index (χ0v) is 17.0. The summed E-state index contributed by atoms with van der Waals surface area (Å²) in [5.41, 5.74) is 0.214. The number of hydrogen-bond donors (Lipinski definition) is 0. The molecule has 3 heterocycles. The minimum atomic E-state index is -4.30. The third-order valence-corrected chi connectivity index (χ3v) is 5.78. The molecule has 3 aromatic rings. The SMILES string of the molecule is CCOc1ccc2nc(Cl)c(S(=O)(=O)c3ncn(C(=O)N(CC)CC)n3)n2n1. The summed E-state index contributed by atoms with van der Waals surface area (Å²) in [6, 6.07) is 2.59. The van der Waals surface area contributed by atoms with E-state index in [0.29, 0.717) is 19.7 Å². The lowest BCUT2D eigenvalue weighted by molar-refractivity contribution is 0.201. The summed E-state index contributed by atoms with van der Waals surface area (Å²) in [7, 11) is -4.30. The fourth-order valence-electron chi connectivity index (χ4n) is 2.51.